The van der Waals surface area contributed by atoms with Crippen molar-refractivity contribution in [1.29, 1.82) is 5.26 Å². The number of hydrogen-bond donors (Lipinski definition) is 1. The second kappa shape index (κ2) is 5.60. The lowest BCUT2D eigenvalue weighted by atomic mass is 10.0. The lowest BCUT2D eigenvalue weighted by Crippen LogP contribution is -2.37. The van der Waals surface area contributed by atoms with E-state index in [9.17, 15) is 5.11 Å². The number of anilines is 1. The first kappa shape index (κ1) is 13.9. The topological polar surface area (TPSA) is 56.5 Å². The number of ether oxygens (including phenoxy) is 1. The number of aliphatic hydroxyl groups is 1. The maximum atomic E-state index is 9.88. The van der Waals surface area contributed by atoms with Crippen LogP contribution in [-0.2, 0) is 4.74 Å². The van der Waals surface area contributed by atoms with Gasteiger partial charge in [-0.25, -0.2) is 0 Å². The Morgan fingerprint density at radius 1 is 1.53 bits per heavy atom. The van der Waals surface area contributed by atoms with Gasteiger partial charge in [0.1, 0.15) is 0 Å². The van der Waals surface area contributed by atoms with Gasteiger partial charge in [-0.05, 0) is 32.4 Å². The Labute approximate surface area is 114 Å². The minimum Gasteiger partial charge on any atom is -0.389 e. The van der Waals surface area contributed by atoms with Crippen LogP contribution in [0.4, 0.5) is 5.69 Å². The van der Waals surface area contributed by atoms with Gasteiger partial charge in [0, 0.05) is 24.9 Å². The molecule has 1 saturated heterocycles. The van der Waals surface area contributed by atoms with E-state index in [-0.39, 0.29) is 12.1 Å². The number of nitriles is 1. The molecule has 1 heterocycles. The summed E-state index contributed by atoms with van der Waals surface area (Å²) in [6.07, 6.45) is 0.577. The molecule has 3 atom stereocenters. The smallest absolute Gasteiger partial charge is 0.0992 e. The Morgan fingerprint density at radius 3 is 2.79 bits per heavy atom. The number of hydrogen-bond acceptors (Lipinski definition) is 4. The van der Waals surface area contributed by atoms with Crippen LogP contribution in [0.15, 0.2) is 18.2 Å². The molecule has 1 fully saturated rings. The van der Waals surface area contributed by atoms with Crippen LogP contribution in [0.2, 0.25) is 0 Å². The van der Waals surface area contributed by atoms with Gasteiger partial charge in [0.05, 0.1) is 29.9 Å². The molecule has 0 aliphatic carbocycles. The number of likely N-dealkylation sites (N-methyl/N-ethyl adjacent to an activating group) is 1. The predicted molar refractivity (Wildman–Crippen MR) is 74.0 cm³/mol. The molecule has 0 saturated carbocycles. The minimum atomic E-state index is -0.553. The molecule has 19 heavy (non-hydrogen) atoms. The second-order valence-corrected chi connectivity index (χ2v) is 5.10. The molecule has 1 aliphatic heterocycles. The first-order valence-corrected chi connectivity index (χ1v) is 6.61. The zero-order valence-electron chi connectivity index (χ0n) is 11.6. The first-order chi connectivity index (χ1) is 9.04. The fourth-order valence-corrected chi connectivity index (χ4v) is 2.68. The van der Waals surface area contributed by atoms with Gasteiger partial charge in [0.25, 0.3) is 0 Å². The molecule has 0 spiro atoms. The average Bonchev–Trinajstić information content (AvgIpc) is 2.83. The first-order valence-electron chi connectivity index (χ1n) is 6.61. The Balaban J connectivity index is 2.38. The van der Waals surface area contributed by atoms with Crippen LogP contribution in [-0.4, -0.2) is 30.9 Å². The summed E-state index contributed by atoms with van der Waals surface area (Å²) in [5.41, 5.74) is 2.37. The minimum absolute atomic E-state index is 0.164. The van der Waals surface area contributed by atoms with Crippen molar-refractivity contribution in [1.82, 2.24) is 0 Å². The van der Waals surface area contributed by atoms with Gasteiger partial charge in [-0.1, -0.05) is 6.07 Å². The van der Waals surface area contributed by atoms with Gasteiger partial charge in [0.15, 0.2) is 0 Å². The maximum absolute atomic E-state index is 9.88. The highest BCUT2D eigenvalue weighted by atomic mass is 16.5. The fourth-order valence-electron chi connectivity index (χ4n) is 2.68. The van der Waals surface area contributed by atoms with Crippen LogP contribution in [0.3, 0.4) is 0 Å². The zero-order chi connectivity index (χ0) is 14.0. The molecule has 0 amide bonds. The van der Waals surface area contributed by atoms with Gasteiger partial charge < -0.3 is 14.7 Å². The van der Waals surface area contributed by atoms with Crippen molar-refractivity contribution in [3.63, 3.8) is 0 Å². The Morgan fingerprint density at radius 2 is 2.26 bits per heavy atom. The van der Waals surface area contributed by atoms with E-state index >= 15 is 0 Å². The summed E-state index contributed by atoms with van der Waals surface area (Å²) in [4.78, 5) is 2.13. The molecule has 2 rings (SSSR count). The standard InChI is InChI=1S/C15H20N2O2/c1-10(18)13-5-4-12(9-16)8-15(13)17(3)14-6-7-19-11(14)2/h4-5,8,10-11,14,18H,6-7H2,1-3H3/t10-,11?,14?/m0/s1. The quantitative estimate of drug-likeness (QED) is 0.905. The van der Waals surface area contributed by atoms with Gasteiger partial charge in [-0.15, -0.1) is 0 Å². The van der Waals surface area contributed by atoms with Crippen molar-refractivity contribution in [2.45, 2.75) is 38.5 Å². The molecule has 1 aromatic rings. The van der Waals surface area contributed by atoms with E-state index in [0.717, 1.165) is 24.3 Å². The lowest BCUT2D eigenvalue weighted by Gasteiger charge is -2.31. The third-order valence-electron chi connectivity index (χ3n) is 3.82. The van der Waals surface area contributed by atoms with E-state index in [1.165, 1.54) is 0 Å². The summed E-state index contributed by atoms with van der Waals surface area (Å²) in [6.45, 7) is 4.57. The number of nitrogens with zero attached hydrogens (tertiary/aromatic N) is 2. The predicted octanol–water partition coefficient (Wildman–Crippen LogP) is 2.23. The Hall–Kier alpha value is -1.57. The molecule has 1 N–H and O–H groups in total. The van der Waals surface area contributed by atoms with Crippen LogP contribution in [0.25, 0.3) is 0 Å². The zero-order valence-corrected chi connectivity index (χ0v) is 11.6. The Kier molecular flexibility index (Phi) is 4.08. The third kappa shape index (κ3) is 2.73. The van der Waals surface area contributed by atoms with Crippen molar-refractivity contribution >= 4 is 5.69 Å². The highest BCUT2D eigenvalue weighted by Crippen LogP contribution is 2.31. The maximum Gasteiger partial charge on any atom is 0.0992 e. The van der Waals surface area contributed by atoms with Gasteiger partial charge >= 0.3 is 0 Å². The van der Waals surface area contributed by atoms with E-state index in [1.807, 2.05) is 19.2 Å². The van der Waals surface area contributed by atoms with Crippen molar-refractivity contribution in [3.8, 4) is 6.07 Å². The van der Waals surface area contributed by atoms with Crippen molar-refractivity contribution in [2.75, 3.05) is 18.6 Å². The average molecular weight is 260 g/mol. The van der Waals surface area contributed by atoms with Gasteiger partial charge in [-0.3, -0.25) is 0 Å². The van der Waals surface area contributed by atoms with Crippen molar-refractivity contribution in [2.24, 2.45) is 0 Å². The molecule has 2 unspecified atom stereocenters. The largest absolute Gasteiger partial charge is 0.389 e. The Bertz CT molecular complexity index is 493. The summed E-state index contributed by atoms with van der Waals surface area (Å²) >= 11 is 0. The molecule has 0 bridgehead atoms. The molecular formula is C15H20N2O2. The van der Waals surface area contributed by atoms with Crippen molar-refractivity contribution < 1.29 is 9.84 Å². The molecule has 0 radical (unpaired) electrons. The monoisotopic (exact) mass is 260 g/mol. The molecule has 102 valence electrons. The van der Waals surface area contributed by atoms with Crippen molar-refractivity contribution in [3.05, 3.63) is 29.3 Å². The van der Waals surface area contributed by atoms with Crippen LogP contribution in [0.5, 0.6) is 0 Å². The second-order valence-electron chi connectivity index (χ2n) is 5.10. The summed E-state index contributed by atoms with van der Waals surface area (Å²) in [5.74, 6) is 0. The van der Waals surface area contributed by atoms with Crippen LogP contribution < -0.4 is 4.90 Å². The van der Waals surface area contributed by atoms with E-state index in [0.29, 0.717) is 5.56 Å². The van der Waals surface area contributed by atoms with E-state index in [2.05, 4.69) is 17.9 Å². The molecule has 1 aromatic carbocycles. The van der Waals surface area contributed by atoms with Crippen LogP contribution in [0.1, 0.15) is 37.5 Å². The SMILES string of the molecule is CC1OCCC1N(C)c1cc(C#N)ccc1[C@H](C)O. The number of benzene rings is 1. The summed E-state index contributed by atoms with van der Waals surface area (Å²) in [5, 5.41) is 18.9. The lowest BCUT2D eigenvalue weighted by molar-refractivity contribution is 0.118. The molecule has 4 nitrogen and oxygen atoms in total. The van der Waals surface area contributed by atoms with E-state index in [4.69, 9.17) is 10.00 Å². The molecule has 4 heteroatoms. The van der Waals surface area contributed by atoms with Gasteiger partial charge in [0.2, 0.25) is 0 Å². The van der Waals surface area contributed by atoms with Crippen LogP contribution in [0, 0.1) is 11.3 Å². The third-order valence-corrected chi connectivity index (χ3v) is 3.82. The van der Waals surface area contributed by atoms with Crippen LogP contribution >= 0.6 is 0 Å². The van der Waals surface area contributed by atoms with E-state index < -0.39 is 6.10 Å². The van der Waals surface area contributed by atoms with Gasteiger partial charge in [-0.2, -0.15) is 5.26 Å². The molecule has 0 aromatic heterocycles. The highest BCUT2D eigenvalue weighted by molar-refractivity contribution is 5.59. The summed E-state index contributed by atoms with van der Waals surface area (Å²) in [7, 11) is 2.00. The number of aliphatic hydroxyl groups excluding tert-OH is 1. The normalized spacial score (nSPS) is 23.9. The fraction of sp³-hybridized carbons (Fsp3) is 0.533. The molecule has 1 aliphatic rings. The molecular weight excluding hydrogens is 240 g/mol. The summed E-state index contributed by atoms with van der Waals surface area (Å²) in [6, 6.07) is 7.85. The van der Waals surface area contributed by atoms with E-state index in [1.54, 1.807) is 13.0 Å². The summed E-state index contributed by atoms with van der Waals surface area (Å²) < 4.78 is 5.60. The number of rotatable bonds is 3. The highest BCUT2D eigenvalue weighted by Gasteiger charge is 2.29.